The van der Waals surface area contributed by atoms with E-state index in [0.717, 1.165) is 11.3 Å². The van der Waals surface area contributed by atoms with E-state index in [9.17, 15) is 4.79 Å². The van der Waals surface area contributed by atoms with Gasteiger partial charge in [0.05, 0.1) is 7.11 Å². The summed E-state index contributed by atoms with van der Waals surface area (Å²) in [5.74, 6) is 1.73. The zero-order valence-corrected chi connectivity index (χ0v) is 16.7. The lowest BCUT2D eigenvalue weighted by Gasteiger charge is -2.16. The Kier molecular flexibility index (Phi) is 5.39. The summed E-state index contributed by atoms with van der Waals surface area (Å²) < 4.78 is 12.6. The number of ether oxygens (including phenoxy) is 2. The molecule has 0 fully saturated rings. The number of aromatic nitrogens is 4. The topological polar surface area (TPSA) is 90.6 Å². The molecule has 148 valence electrons. The number of nitrogens with zero attached hydrogens (tertiary/aromatic N) is 4. The van der Waals surface area contributed by atoms with Gasteiger partial charge in [0.15, 0.2) is 11.9 Å². The van der Waals surface area contributed by atoms with E-state index in [1.54, 1.807) is 11.6 Å². The molecule has 0 unspecified atom stereocenters. The lowest BCUT2D eigenvalue weighted by molar-refractivity contribution is -0.122. The Balaban J connectivity index is 1.52. The molecule has 4 aromatic rings. The number of para-hydroxylation sites is 1. The van der Waals surface area contributed by atoms with Crippen LogP contribution < -0.4 is 14.8 Å². The molecule has 1 atom stereocenters. The summed E-state index contributed by atoms with van der Waals surface area (Å²) in [7, 11) is 1.62. The molecule has 2 aromatic heterocycles. The fourth-order valence-electron chi connectivity index (χ4n) is 2.76. The molecule has 29 heavy (non-hydrogen) atoms. The van der Waals surface area contributed by atoms with Crippen molar-refractivity contribution in [2.24, 2.45) is 0 Å². The average Bonchev–Trinajstić information content (AvgIpc) is 3.33. The zero-order valence-electron chi connectivity index (χ0n) is 15.9. The quantitative estimate of drug-likeness (QED) is 0.501. The second-order valence-corrected chi connectivity index (χ2v) is 7.13. The highest BCUT2D eigenvalue weighted by Crippen LogP contribution is 2.26. The third kappa shape index (κ3) is 4.04. The van der Waals surface area contributed by atoms with Gasteiger partial charge < -0.3 is 9.47 Å². The van der Waals surface area contributed by atoms with Crippen LogP contribution in [0, 0.1) is 0 Å². The molecule has 0 saturated carbocycles. The predicted molar refractivity (Wildman–Crippen MR) is 110 cm³/mol. The van der Waals surface area contributed by atoms with Gasteiger partial charge in [0.2, 0.25) is 10.1 Å². The number of hydrogen-bond donors (Lipinski definition) is 1. The molecule has 0 saturated heterocycles. The summed E-state index contributed by atoms with van der Waals surface area (Å²) >= 11 is 1.25. The highest BCUT2D eigenvalue weighted by Gasteiger charge is 2.21. The molecule has 1 N–H and O–H groups in total. The van der Waals surface area contributed by atoms with Gasteiger partial charge in [0.25, 0.3) is 5.91 Å². The summed E-state index contributed by atoms with van der Waals surface area (Å²) in [6, 6.07) is 16.7. The lowest BCUT2D eigenvalue weighted by atomic mass is 10.2. The number of rotatable bonds is 7. The van der Waals surface area contributed by atoms with Gasteiger partial charge in [0, 0.05) is 5.56 Å². The molecular weight excluding hydrogens is 390 g/mol. The van der Waals surface area contributed by atoms with Gasteiger partial charge in [-0.3, -0.25) is 10.1 Å². The van der Waals surface area contributed by atoms with Crippen molar-refractivity contribution < 1.29 is 14.3 Å². The summed E-state index contributed by atoms with van der Waals surface area (Å²) in [4.78, 5) is 13.2. The zero-order chi connectivity index (χ0) is 20.2. The van der Waals surface area contributed by atoms with Gasteiger partial charge in [0.1, 0.15) is 11.5 Å². The maximum atomic E-state index is 12.6. The van der Waals surface area contributed by atoms with E-state index in [1.807, 2.05) is 61.5 Å². The molecule has 9 heteroatoms. The second-order valence-electron chi connectivity index (χ2n) is 6.17. The van der Waals surface area contributed by atoms with Gasteiger partial charge in [-0.2, -0.15) is 4.52 Å². The maximum Gasteiger partial charge on any atom is 0.267 e. The monoisotopic (exact) mass is 409 g/mol. The van der Waals surface area contributed by atoms with Crippen molar-refractivity contribution in [2.45, 2.75) is 19.4 Å². The summed E-state index contributed by atoms with van der Waals surface area (Å²) in [6.07, 6.45) is -0.0881. The Labute approximate surface area is 171 Å². The van der Waals surface area contributed by atoms with Gasteiger partial charge in [-0.05, 0) is 42.8 Å². The Morgan fingerprint density at radius 2 is 1.86 bits per heavy atom. The Morgan fingerprint density at radius 3 is 2.55 bits per heavy atom. The van der Waals surface area contributed by atoms with Crippen molar-refractivity contribution in [3.63, 3.8) is 0 Å². The molecule has 0 aliphatic carbocycles. The van der Waals surface area contributed by atoms with Crippen LogP contribution in [0.1, 0.15) is 13.3 Å². The number of carbonyl (C=O) groups is 1. The van der Waals surface area contributed by atoms with Crippen LogP contribution in [0.3, 0.4) is 0 Å². The van der Waals surface area contributed by atoms with Crippen LogP contribution in [0.25, 0.3) is 16.3 Å². The van der Waals surface area contributed by atoms with Gasteiger partial charge >= 0.3 is 0 Å². The van der Waals surface area contributed by atoms with E-state index in [2.05, 4.69) is 20.6 Å². The Hall–Kier alpha value is -3.46. The number of fused-ring (bicyclic) bond motifs is 1. The molecule has 0 aliphatic heterocycles. The minimum atomic E-state index is -0.618. The molecule has 0 aliphatic rings. The lowest BCUT2D eigenvalue weighted by Crippen LogP contribution is -2.32. The first kappa shape index (κ1) is 18.9. The molecular formula is C20H19N5O3S. The Morgan fingerprint density at radius 1 is 1.10 bits per heavy atom. The van der Waals surface area contributed by atoms with E-state index in [1.165, 1.54) is 11.3 Å². The second kappa shape index (κ2) is 8.27. The van der Waals surface area contributed by atoms with Crippen molar-refractivity contribution >= 4 is 27.3 Å². The van der Waals surface area contributed by atoms with Crippen LogP contribution in [0.4, 0.5) is 5.13 Å². The van der Waals surface area contributed by atoms with Crippen molar-refractivity contribution in [2.75, 3.05) is 12.4 Å². The van der Waals surface area contributed by atoms with E-state index in [-0.39, 0.29) is 5.91 Å². The van der Waals surface area contributed by atoms with Crippen LogP contribution in [-0.2, 0) is 4.79 Å². The first-order chi connectivity index (χ1) is 14.2. The van der Waals surface area contributed by atoms with E-state index >= 15 is 0 Å². The largest absolute Gasteiger partial charge is 0.497 e. The van der Waals surface area contributed by atoms with E-state index in [4.69, 9.17) is 9.47 Å². The average molecular weight is 409 g/mol. The summed E-state index contributed by atoms with van der Waals surface area (Å²) in [6.45, 7) is 1.90. The highest BCUT2D eigenvalue weighted by molar-refractivity contribution is 7.20. The number of amides is 1. The maximum absolute atomic E-state index is 12.6. The summed E-state index contributed by atoms with van der Waals surface area (Å²) in [5, 5.41) is 16.0. The SMILES string of the molecule is CC[C@@H](Oc1ccccc1)C(=O)Nc1nn2c(-c3ccc(OC)cc3)nnc2s1. The summed E-state index contributed by atoms with van der Waals surface area (Å²) in [5.41, 5.74) is 0.848. The van der Waals surface area contributed by atoms with E-state index < -0.39 is 6.10 Å². The number of anilines is 1. The fourth-order valence-corrected chi connectivity index (χ4v) is 3.50. The van der Waals surface area contributed by atoms with Gasteiger partial charge in [-0.1, -0.05) is 36.5 Å². The standard InChI is InChI=1S/C20H19N5O3S/c1-3-16(28-15-7-5-4-6-8-15)18(26)21-19-24-25-17(22-23-20(25)29-19)13-9-11-14(27-2)12-10-13/h4-12,16H,3H2,1-2H3,(H,21,24,26)/t16-/m1/s1. The molecule has 0 bridgehead atoms. The third-order valence-corrected chi connectivity index (χ3v) is 5.07. The van der Waals surface area contributed by atoms with Crippen molar-refractivity contribution in [1.29, 1.82) is 0 Å². The number of benzene rings is 2. The van der Waals surface area contributed by atoms with Crippen molar-refractivity contribution in [1.82, 2.24) is 19.8 Å². The number of methoxy groups -OCH3 is 1. The number of hydrogen-bond acceptors (Lipinski definition) is 7. The first-order valence-corrected chi connectivity index (χ1v) is 9.89. The molecule has 1 amide bonds. The third-order valence-electron chi connectivity index (χ3n) is 4.25. The Bertz CT molecular complexity index is 1110. The van der Waals surface area contributed by atoms with Gasteiger partial charge in [-0.25, -0.2) is 0 Å². The number of nitrogens with one attached hydrogen (secondary N) is 1. The minimum Gasteiger partial charge on any atom is -0.497 e. The molecule has 0 radical (unpaired) electrons. The molecule has 2 aromatic carbocycles. The first-order valence-electron chi connectivity index (χ1n) is 9.07. The molecule has 2 heterocycles. The van der Waals surface area contributed by atoms with Crippen molar-refractivity contribution in [3.8, 4) is 22.9 Å². The molecule has 8 nitrogen and oxygen atoms in total. The molecule has 4 rings (SSSR count). The van der Waals surface area contributed by atoms with Gasteiger partial charge in [-0.15, -0.1) is 15.3 Å². The smallest absolute Gasteiger partial charge is 0.267 e. The van der Waals surface area contributed by atoms with Crippen molar-refractivity contribution in [3.05, 3.63) is 54.6 Å². The molecule has 0 spiro atoms. The highest BCUT2D eigenvalue weighted by atomic mass is 32.1. The van der Waals surface area contributed by atoms with Crippen LogP contribution >= 0.6 is 11.3 Å². The van der Waals surface area contributed by atoms with Crippen LogP contribution in [0.5, 0.6) is 11.5 Å². The van der Waals surface area contributed by atoms with Crippen LogP contribution in [0.2, 0.25) is 0 Å². The van der Waals surface area contributed by atoms with Crippen LogP contribution in [-0.4, -0.2) is 38.9 Å². The number of carbonyl (C=O) groups excluding carboxylic acids is 1. The van der Waals surface area contributed by atoms with E-state index in [0.29, 0.717) is 28.1 Å². The van der Waals surface area contributed by atoms with Crippen LogP contribution in [0.15, 0.2) is 54.6 Å². The normalized spacial score (nSPS) is 11.9. The predicted octanol–water partition coefficient (Wildman–Crippen LogP) is 3.66. The fraction of sp³-hybridized carbons (Fsp3) is 0.200. The minimum absolute atomic E-state index is 0.257.